The lowest BCUT2D eigenvalue weighted by Crippen LogP contribution is -2.42. The van der Waals surface area contributed by atoms with E-state index in [0.29, 0.717) is 6.54 Å². The number of carbonyl (C=O) groups is 1. The van der Waals surface area contributed by atoms with Gasteiger partial charge in [-0.1, -0.05) is 6.07 Å². The van der Waals surface area contributed by atoms with E-state index in [4.69, 9.17) is 14.5 Å². The van der Waals surface area contributed by atoms with Crippen LogP contribution in [-0.4, -0.2) is 51.4 Å². The van der Waals surface area contributed by atoms with Crippen molar-refractivity contribution in [2.45, 2.75) is 45.1 Å². The second kappa shape index (κ2) is 7.97. The van der Waals surface area contributed by atoms with Crippen molar-refractivity contribution >= 4 is 11.6 Å². The van der Waals surface area contributed by atoms with Gasteiger partial charge in [-0.25, -0.2) is 9.31 Å². The van der Waals surface area contributed by atoms with Crippen molar-refractivity contribution in [2.75, 3.05) is 20.2 Å². The third kappa shape index (κ3) is 4.25. The van der Waals surface area contributed by atoms with Gasteiger partial charge >= 0.3 is 6.09 Å². The molecule has 0 saturated carbocycles. The van der Waals surface area contributed by atoms with Gasteiger partial charge in [0.15, 0.2) is 0 Å². The van der Waals surface area contributed by atoms with Crippen molar-refractivity contribution in [3.05, 3.63) is 48.4 Å². The number of carbonyl (C=O) groups excluding carboxylic acids is 1. The SMILES string of the molecule is COc1ccn2ncc(-c3cccc(C4CCCN(C(=O)OC(C)(C)C)C4)n3)c2c1. The topological polar surface area (TPSA) is 69.0 Å². The maximum Gasteiger partial charge on any atom is 0.410 e. The molecule has 30 heavy (non-hydrogen) atoms. The molecule has 1 fully saturated rings. The van der Waals surface area contributed by atoms with Gasteiger partial charge < -0.3 is 14.4 Å². The lowest BCUT2D eigenvalue weighted by molar-refractivity contribution is 0.0197. The number of hydrogen-bond acceptors (Lipinski definition) is 5. The predicted octanol–water partition coefficient (Wildman–Crippen LogP) is 4.52. The highest BCUT2D eigenvalue weighted by Gasteiger charge is 2.29. The van der Waals surface area contributed by atoms with Crippen LogP contribution >= 0.6 is 0 Å². The fourth-order valence-corrected chi connectivity index (χ4v) is 3.83. The highest BCUT2D eigenvalue weighted by atomic mass is 16.6. The van der Waals surface area contributed by atoms with E-state index in [1.807, 2.05) is 68.0 Å². The highest BCUT2D eigenvalue weighted by Crippen LogP contribution is 2.30. The minimum atomic E-state index is -0.493. The van der Waals surface area contributed by atoms with Gasteiger partial charge in [-0.15, -0.1) is 0 Å². The molecule has 1 aliphatic rings. The summed E-state index contributed by atoms with van der Waals surface area (Å²) < 4.78 is 12.7. The molecule has 4 heterocycles. The highest BCUT2D eigenvalue weighted by molar-refractivity contribution is 5.78. The Kier molecular flexibility index (Phi) is 5.37. The molecule has 1 aliphatic heterocycles. The largest absolute Gasteiger partial charge is 0.497 e. The standard InChI is InChI=1S/C23H28N4O3/c1-23(2,3)30-22(28)26-11-6-7-16(15-26)19-8-5-9-20(25-19)18-14-24-27-12-10-17(29-4)13-21(18)27/h5,8-10,12-14,16H,6-7,11,15H2,1-4H3. The van der Waals surface area contributed by atoms with Gasteiger partial charge in [0.2, 0.25) is 0 Å². The Hall–Kier alpha value is -3.09. The van der Waals surface area contributed by atoms with E-state index in [-0.39, 0.29) is 12.0 Å². The second-order valence-electron chi connectivity index (χ2n) is 8.67. The molecule has 0 N–H and O–H groups in total. The Morgan fingerprint density at radius 1 is 1.23 bits per heavy atom. The number of ether oxygens (including phenoxy) is 2. The molecule has 7 nitrogen and oxygen atoms in total. The quantitative estimate of drug-likeness (QED) is 0.637. The predicted molar refractivity (Wildman–Crippen MR) is 115 cm³/mol. The van der Waals surface area contributed by atoms with E-state index < -0.39 is 5.60 Å². The van der Waals surface area contributed by atoms with Gasteiger partial charge in [0.1, 0.15) is 11.4 Å². The number of nitrogens with zero attached hydrogens (tertiary/aromatic N) is 4. The number of fused-ring (bicyclic) bond motifs is 1. The average Bonchev–Trinajstić information content (AvgIpc) is 3.16. The molecule has 1 atom stereocenters. The number of aromatic nitrogens is 3. The minimum Gasteiger partial charge on any atom is -0.497 e. The molecule has 0 aliphatic carbocycles. The zero-order valence-corrected chi connectivity index (χ0v) is 18.0. The third-order valence-corrected chi connectivity index (χ3v) is 5.27. The molecule has 158 valence electrons. The number of likely N-dealkylation sites (tertiary alicyclic amines) is 1. The smallest absolute Gasteiger partial charge is 0.410 e. The van der Waals surface area contributed by atoms with Crippen molar-refractivity contribution < 1.29 is 14.3 Å². The molecule has 3 aromatic rings. The zero-order chi connectivity index (χ0) is 21.3. The fraction of sp³-hybridized carbons (Fsp3) is 0.435. The zero-order valence-electron chi connectivity index (χ0n) is 18.0. The van der Waals surface area contributed by atoms with Crippen LogP contribution in [0.15, 0.2) is 42.7 Å². The molecular weight excluding hydrogens is 380 g/mol. The van der Waals surface area contributed by atoms with Crippen molar-refractivity contribution in [3.63, 3.8) is 0 Å². The summed E-state index contributed by atoms with van der Waals surface area (Å²) in [6.45, 7) is 7.01. The molecule has 1 unspecified atom stereocenters. The van der Waals surface area contributed by atoms with Gasteiger partial charge in [-0.3, -0.25) is 4.98 Å². The summed E-state index contributed by atoms with van der Waals surface area (Å²) >= 11 is 0. The molecule has 0 radical (unpaired) electrons. The Balaban J connectivity index is 1.59. The summed E-state index contributed by atoms with van der Waals surface area (Å²) in [5, 5.41) is 4.43. The Labute approximate surface area is 176 Å². The van der Waals surface area contributed by atoms with Crippen LogP contribution in [0.5, 0.6) is 5.75 Å². The summed E-state index contributed by atoms with van der Waals surface area (Å²) in [7, 11) is 1.65. The van der Waals surface area contributed by atoms with Crippen LogP contribution in [0.3, 0.4) is 0 Å². The van der Waals surface area contributed by atoms with Gasteiger partial charge in [-0.05, 0) is 51.8 Å². The first-order valence-corrected chi connectivity index (χ1v) is 10.3. The van der Waals surface area contributed by atoms with Crippen LogP contribution in [0.4, 0.5) is 4.79 Å². The number of amides is 1. The Morgan fingerprint density at radius 3 is 2.83 bits per heavy atom. The summed E-state index contributed by atoms with van der Waals surface area (Å²) in [4.78, 5) is 19.3. The molecule has 7 heteroatoms. The summed E-state index contributed by atoms with van der Waals surface area (Å²) in [6.07, 6.45) is 5.39. The molecule has 0 spiro atoms. The third-order valence-electron chi connectivity index (χ3n) is 5.27. The molecular formula is C23H28N4O3. The number of methoxy groups -OCH3 is 1. The maximum absolute atomic E-state index is 12.5. The first-order chi connectivity index (χ1) is 14.3. The molecule has 4 rings (SSSR count). The lowest BCUT2D eigenvalue weighted by atomic mass is 9.94. The van der Waals surface area contributed by atoms with Crippen LogP contribution in [0, 0.1) is 0 Å². The van der Waals surface area contributed by atoms with Crippen LogP contribution in [0.25, 0.3) is 16.8 Å². The van der Waals surface area contributed by atoms with Crippen molar-refractivity contribution in [1.29, 1.82) is 0 Å². The van der Waals surface area contributed by atoms with E-state index >= 15 is 0 Å². The monoisotopic (exact) mass is 408 g/mol. The maximum atomic E-state index is 12.5. The van der Waals surface area contributed by atoms with E-state index in [1.165, 1.54) is 0 Å². The van der Waals surface area contributed by atoms with Gasteiger partial charge in [-0.2, -0.15) is 5.10 Å². The van der Waals surface area contributed by atoms with Crippen LogP contribution in [-0.2, 0) is 4.74 Å². The molecule has 0 bridgehead atoms. The van der Waals surface area contributed by atoms with Crippen molar-refractivity contribution in [1.82, 2.24) is 19.5 Å². The summed E-state index contributed by atoms with van der Waals surface area (Å²) in [5.74, 6) is 0.961. The first-order valence-electron chi connectivity index (χ1n) is 10.3. The Bertz CT molecular complexity index is 1050. The molecule has 1 saturated heterocycles. The number of rotatable bonds is 3. The minimum absolute atomic E-state index is 0.183. The average molecular weight is 409 g/mol. The number of hydrogen-bond donors (Lipinski definition) is 0. The van der Waals surface area contributed by atoms with Gasteiger partial charge in [0.25, 0.3) is 0 Å². The number of pyridine rings is 2. The van der Waals surface area contributed by atoms with Crippen molar-refractivity contribution in [3.8, 4) is 17.0 Å². The normalized spacial score (nSPS) is 17.2. The summed E-state index contributed by atoms with van der Waals surface area (Å²) in [5.41, 5.74) is 3.26. The summed E-state index contributed by atoms with van der Waals surface area (Å²) in [6, 6.07) is 9.89. The molecule has 3 aromatic heterocycles. The van der Waals surface area contributed by atoms with E-state index in [1.54, 1.807) is 12.0 Å². The van der Waals surface area contributed by atoms with Crippen LogP contribution in [0.1, 0.15) is 45.2 Å². The van der Waals surface area contributed by atoms with E-state index in [0.717, 1.165) is 47.6 Å². The molecule has 0 aromatic carbocycles. The first kappa shape index (κ1) is 20.2. The van der Waals surface area contributed by atoms with Gasteiger partial charge in [0, 0.05) is 42.5 Å². The Morgan fingerprint density at radius 2 is 2.07 bits per heavy atom. The van der Waals surface area contributed by atoms with E-state index in [2.05, 4.69) is 5.10 Å². The van der Waals surface area contributed by atoms with Gasteiger partial charge in [0.05, 0.1) is 24.5 Å². The van der Waals surface area contributed by atoms with Crippen LogP contribution < -0.4 is 4.74 Å². The second-order valence-corrected chi connectivity index (χ2v) is 8.67. The van der Waals surface area contributed by atoms with Crippen LogP contribution in [0.2, 0.25) is 0 Å². The van der Waals surface area contributed by atoms with Crippen molar-refractivity contribution in [2.24, 2.45) is 0 Å². The lowest BCUT2D eigenvalue weighted by Gasteiger charge is -2.34. The number of piperidine rings is 1. The molecule has 1 amide bonds. The van der Waals surface area contributed by atoms with E-state index in [9.17, 15) is 4.79 Å². The fourth-order valence-electron chi connectivity index (χ4n) is 3.83.